The number of hydrazine groups is 1. The van der Waals surface area contributed by atoms with Gasteiger partial charge in [-0.2, -0.15) is 0 Å². The molecule has 3 amide bonds. The molecule has 3 aromatic rings. The molecular weight excluding hydrogens is 440 g/mol. The van der Waals surface area contributed by atoms with Crippen molar-refractivity contribution >= 4 is 54.7 Å². The van der Waals surface area contributed by atoms with E-state index in [0.717, 1.165) is 9.86 Å². The summed E-state index contributed by atoms with van der Waals surface area (Å²) in [6, 6.07) is 11.2. The number of hydrogen-bond acceptors (Lipinski definition) is 5. The normalized spacial score (nSPS) is 11.2. The molecule has 0 radical (unpaired) electrons. The van der Waals surface area contributed by atoms with Crippen LogP contribution >= 0.6 is 15.9 Å². The highest BCUT2D eigenvalue weighted by Gasteiger charge is 2.12. The van der Waals surface area contributed by atoms with Crippen LogP contribution < -0.4 is 21.3 Å². The van der Waals surface area contributed by atoms with Crippen molar-refractivity contribution in [2.45, 2.75) is 4.90 Å². The highest BCUT2D eigenvalue weighted by molar-refractivity contribution is 9.10. The number of hydrogen-bond donors (Lipinski definition) is 4. The second kappa shape index (κ2) is 7.39. The van der Waals surface area contributed by atoms with Crippen molar-refractivity contribution in [2.24, 2.45) is 5.14 Å². The Labute approximate surface area is 162 Å². The molecule has 1 aromatic heterocycles. The third-order valence-corrected chi connectivity index (χ3v) is 4.87. The Morgan fingerprint density at radius 2 is 1.70 bits per heavy atom. The van der Waals surface area contributed by atoms with Gasteiger partial charge in [-0.15, -0.1) is 0 Å². The van der Waals surface area contributed by atoms with Crippen molar-refractivity contribution < 1.29 is 22.4 Å². The number of urea groups is 1. The van der Waals surface area contributed by atoms with E-state index in [2.05, 4.69) is 32.1 Å². The number of carbonyl (C=O) groups excluding carboxylic acids is 2. The summed E-state index contributed by atoms with van der Waals surface area (Å²) in [6.45, 7) is 0. The molecule has 0 saturated heterocycles. The van der Waals surface area contributed by atoms with Crippen LogP contribution in [-0.4, -0.2) is 20.4 Å². The molecule has 27 heavy (non-hydrogen) atoms. The van der Waals surface area contributed by atoms with Crippen LogP contribution in [0, 0.1) is 0 Å². The number of nitrogens with one attached hydrogen (secondary N) is 3. The summed E-state index contributed by atoms with van der Waals surface area (Å²) in [5, 5.41) is 8.22. The zero-order valence-corrected chi connectivity index (χ0v) is 15.9. The SMILES string of the molecule is NS(=O)(=O)c1ccc(C(=O)NNC(=O)Nc2cc3cc(Br)ccc3o2)cc1. The van der Waals surface area contributed by atoms with Gasteiger partial charge in [-0.1, -0.05) is 15.9 Å². The average molecular weight is 453 g/mol. The number of furan rings is 1. The van der Waals surface area contributed by atoms with Gasteiger partial charge >= 0.3 is 6.03 Å². The summed E-state index contributed by atoms with van der Waals surface area (Å²) in [5.74, 6) is -0.438. The molecule has 3 rings (SSSR count). The van der Waals surface area contributed by atoms with E-state index >= 15 is 0 Å². The highest BCUT2D eigenvalue weighted by atomic mass is 79.9. The number of sulfonamides is 1. The minimum Gasteiger partial charge on any atom is -0.440 e. The van der Waals surface area contributed by atoms with E-state index in [9.17, 15) is 18.0 Å². The van der Waals surface area contributed by atoms with Crippen LogP contribution in [0.3, 0.4) is 0 Å². The Kier molecular flexibility index (Phi) is 5.17. The first kappa shape index (κ1) is 18.9. The van der Waals surface area contributed by atoms with Gasteiger partial charge in [-0.25, -0.2) is 23.8 Å². The van der Waals surface area contributed by atoms with Crippen LogP contribution in [-0.2, 0) is 10.0 Å². The third kappa shape index (κ3) is 4.64. The first-order chi connectivity index (χ1) is 12.7. The molecule has 5 N–H and O–H groups in total. The maximum atomic E-state index is 12.0. The van der Waals surface area contributed by atoms with E-state index in [1.54, 1.807) is 18.2 Å². The average Bonchev–Trinajstić information content (AvgIpc) is 3.00. The van der Waals surface area contributed by atoms with E-state index in [-0.39, 0.29) is 16.3 Å². The molecule has 0 spiro atoms. The lowest BCUT2D eigenvalue weighted by molar-refractivity contribution is 0.0937. The minimum atomic E-state index is -3.84. The summed E-state index contributed by atoms with van der Waals surface area (Å²) in [4.78, 5) is 23.7. The van der Waals surface area contributed by atoms with Gasteiger partial charge in [0.15, 0.2) is 0 Å². The minimum absolute atomic E-state index is 0.124. The molecule has 0 atom stereocenters. The van der Waals surface area contributed by atoms with Crippen molar-refractivity contribution in [1.29, 1.82) is 0 Å². The topological polar surface area (TPSA) is 144 Å². The predicted molar refractivity (Wildman–Crippen MR) is 101 cm³/mol. The van der Waals surface area contributed by atoms with Gasteiger partial charge in [-0.3, -0.25) is 15.5 Å². The van der Waals surface area contributed by atoms with Crippen molar-refractivity contribution in [3.05, 3.63) is 58.6 Å². The molecule has 9 nitrogen and oxygen atoms in total. The number of rotatable bonds is 3. The van der Waals surface area contributed by atoms with Crippen LogP contribution in [0.5, 0.6) is 0 Å². The van der Waals surface area contributed by atoms with Crippen molar-refractivity contribution in [1.82, 2.24) is 10.9 Å². The highest BCUT2D eigenvalue weighted by Crippen LogP contribution is 2.25. The largest absolute Gasteiger partial charge is 0.440 e. The van der Waals surface area contributed by atoms with E-state index in [4.69, 9.17) is 9.56 Å². The third-order valence-electron chi connectivity index (χ3n) is 3.45. The Morgan fingerprint density at radius 1 is 1.00 bits per heavy atom. The zero-order chi connectivity index (χ0) is 19.6. The zero-order valence-electron chi connectivity index (χ0n) is 13.5. The van der Waals surface area contributed by atoms with Crippen LogP contribution in [0.2, 0.25) is 0 Å². The first-order valence-electron chi connectivity index (χ1n) is 7.42. The van der Waals surface area contributed by atoms with Crippen LogP contribution in [0.15, 0.2) is 62.3 Å². The molecule has 1 heterocycles. The van der Waals surface area contributed by atoms with E-state index < -0.39 is 22.0 Å². The van der Waals surface area contributed by atoms with Crippen molar-refractivity contribution in [3.63, 3.8) is 0 Å². The lowest BCUT2D eigenvalue weighted by Gasteiger charge is -2.07. The van der Waals surface area contributed by atoms with Gasteiger partial charge in [0, 0.05) is 21.5 Å². The maximum absolute atomic E-state index is 12.0. The molecule has 0 aliphatic heterocycles. The number of amides is 3. The van der Waals surface area contributed by atoms with Gasteiger partial charge in [0.1, 0.15) is 5.58 Å². The van der Waals surface area contributed by atoms with Gasteiger partial charge in [-0.05, 0) is 42.5 Å². The van der Waals surface area contributed by atoms with Crippen LogP contribution in [0.1, 0.15) is 10.4 Å². The number of primary sulfonamides is 1. The predicted octanol–water partition coefficient (Wildman–Crippen LogP) is 2.31. The number of nitrogens with two attached hydrogens (primary N) is 1. The number of benzene rings is 2. The standard InChI is InChI=1S/C16H13BrN4O5S/c17-11-3-6-13-10(7-11)8-14(26-13)19-16(23)21-20-15(22)9-1-4-12(5-2-9)27(18,24)25/h1-8H,(H,20,22)(H2,18,24,25)(H2,19,21,23). The lowest BCUT2D eigenvalue weighted by atomic mass is 10.2. The molecule has 0 bridgehead atoms. The lowest BCUT2D eigenvalue weighted by Crippen LogP contribution is -2.43. The fourth-order valence-corrected chi connectivity index (χ4v) is 3.09. The second-order valence-corrected chi connectivity index (χ2v) is 7.87. The number of halogens is 1. The summed E-state index contributed by atoms with van der Waals surface area (Å²) in [6.07, 6.45) is 0. The van der Waals surface area contributed by atoms with E-state index in [1.165, 1.54) is 24.3 Å². The molecule has 0 aliphatic rings. The quantitative estimate of drug-likeness (QED) is 0.450. The van der Waals surface area contributed by atoms with Gasteiger partial charge < -0.3 is 4.42 Å². The first-order valence-corrected chi connectivity index (χ1v) is 9.75. The Morgan fingerprint density at radius 3 is 2.37 bits per heavy atom. The Bertz CT molecular complexity index is 1130. The summed E-state index contributed by atoms with van der Waals surface area (Å²) in [7, 11) is -3.84. The van der Waals surface area contributed by atoms with Gasteiger partial charge in [0.2, 0.25) is 15.9 Å². The Balaban J connectivity index is 1.58. The molecule has 2 aromatic carbocycles. The second-order valence-electron chi connectivity index (χ2n) is 5.40. The molecule has 11 heteroatoms. The molecule has 0 saturated carbocycles. The fourth-order valence-electron chi connectivity index (χ4n) is 2.20. The van der Waals surface area contributed by atoms with Gasteiger partial charge in [0.05, 0.1) is 4.90 Å². The number of carbonyl (C=O) groups is 2. The molecular formula is C16H13BrN4O5S. The molecule has 140 valence electrons. The van der Waals surface area contributed by atoms with Crippen LogP contribution in [0.4, 0.5) is 10.7 Å². The maximum Gasteiger partial charge on any atom is 0.340 e. The molecule has 0 fully saturated rings. The number of anilines is 1. The molecule has 0 unspecified atom stereocenters. The summed E-state index contributed by atoms with van der Waals surface area (Å²) >= 11 is 3.34. The van der Waals surface area contributed by atoms with Crippen molar-refractivity contribution in [2.75, 3.05) is 5.32 Å². The Hall–Kier alpha value is -2.89. The van der Waals surface area contributed by atoms with Crippen molar-refractivity contribution in [3.8, 4) is 0 Å². The fraction of sp³-hybridized carbons (Fsp3) is 0. The van der Waals surface area contributed by atoms with E-state index in [1.807, 2.05) is 6.07 Å². The number of fused-ring (bicyclic) bond motifs is 1. The monoisotopic (exact) mass is 452 g/mol. The molecule has 0 aliphatic carbocycles. The van der Waals surface area contributed by atoms with E-state index in [0.29, 0.717) is 5.58 Å². The van der Waals surface area contributed by atoms with Gasteiger partial charge in [0.25, 0.3) is 5.91 Å². The summed E-state index contributed by atoms with van der Waals surface area (Å²) in [5.41, 5.74) is 5.08. The smallest absolute Gasteiger partial charge is 0.340 e. The van der Waals surface area contributed by atoms with Crippen LogP contribution in [0.25, 0.3) is 11.0 Å². The summed E-state index contributed by atoms with van der Waals surface area (Å²) < 4.78 is 28.7.